The summed E-state index contributed by atoms with van der Waals surface area (Å²) in [5, 5.41) is 0. The van der Waals surface area contributed by atoms with E-state index in [2.05, 4.69) is 159 Å². The molecule has 0 aliphatic carbocycles. The molecule has 1 heterocycles. The molecule has 0 bridgehead atoms. The Balaban J connectivity index is 1.69. The number of nitrogens with zero attached hydrogens (tertiary/aromatic N) is 2. The van der Waals surface area contributed by atoms with Crippen LogP contribution >= 0.6 is 0 Å². The van der Waals surface area contributed by atoms with Gasteiger partial charge in [0.2, 0.25) is 0 Å². The van der Waals surface area contributed by atoms with E-state index in [1.165, 1.54) is 38.9 Å². The molecule has 5 aromatic carbocycles. The van der Waals surface area contributed by atoms with Crippen LogP contribution in [0, 0.1) is 0 Å². The van der Waals surface area contributed by atoms with Gasteiger partial charge in [0.05, 0.1) is 17.1 Å². The fourth-order valence-corrected chi connectivity index (χ4v) is 6.17. The average molecular weight is 571 g/mol. The normalized spacial score (nSPS) is 11.8. The summed E-state index contributed by atoms with van der Waals surface area (Å²) in [5.74, 6) is 0.330. The first-order valence-corrected chi connectivity index (χ1v) is 15.4. The summed E-state index contributed by atoms with van der Waals surface area (Å²) < 4.78 is 0. The van der Waals surface area contributed by atoms with Crippen LogP contribution in [0.5, 0.6) is 0 Å². The molecule has 0 saturated carbocycles. The van der Waals surface area contributed by atoms with Crippen LogP contribution in [0.15, 0.2) is 163 Å². The first-order chi connectivity index (χ1) is 21.6. The van der Waals surface area contributed by atoms with Gasteiger partial charge in [-0.05, 0) is 63.9 Å². The lowest BCUT2D eigenvalue weighted by atomic mass is 9.77. The number of hydrogen-bond acceptors (Lipinski definition) is 2. The monoisotopic (exact) mass is 570 g/mol. The van der Waals surface area contributed by atoms with Crippen molar-refractivity contribution in [3.63, 3.8) is 0 Å². The Kier molecular flexibility index (Phi) is 8.89. The molecule has 0 fully saturated rings. The average Bonchev–Trinajstić information content (AvgIpc) is 3.08. The molecule has 1 aromatic heterocycles. The van der Waals surface area contributed by atoms with Gasteiger partial charge in [-0.3, -0.25) is 9.98 Å². The van der Waals surface area contributed by atoms with Crippen molar-refractivity contribution in [2.24, 2.45) is 4.99 Å². The maximum atomic E-state index is 5.42. The van der Waals surface area contributed by atoms with Gasteiger partial charge in [0.15, 0.2) is 0 Å². The standard InChI is InChI=1S/C42H38N2/c1-30(2)37-28-36(40(32-18-8-4-9-19-32)33-20-10-5-11-21-33)29-38(42(37)44-31(3)39-26-16-17-27-43-39)41(34-22-12-6-13-23-34)35-24-14-7-15-25-35/h4-30,40-41H,1-3H3. The molecule has 0 amide bonds. The maximum Gasteiger partial charge on any atom is 0.0841 e. The third-order valence-electron chi connectivity index (χ3n) is 8.30. The SMILES string of the molecule is CC(=Nc1c(C(C)C)cc(C(c2ccccc2)c2ccccc2)cc1C(c1ccccc1)c1ccccc1)c1ccccn1. The van der Waals surface area contributed by atoms with E-state index in [1.54, 1.807) is 0 Å². The molecule has 0 aliphatic rings. The zero-order valence-electron chi connectivity index (χ0n) is 25.6. The van der Waals surface area contributed by atoms with E-state index in [0.29, 0.717) is 0 Å². The fraction of sp³-hybridized carbons (Fsp3) is 0.143. The van der Waals surface area contributed by atoms with Crippen LogP contribution in [0.25, 0.3) is 0 Å². The summed E-state index contributed by atoms with van der Waals surface area (Å²) in [4.78, 5) is 10.1. The quantitative estimate of drug-likeness (QED) is 0.125. The van der Waals surface area contributed by atoms with Crippen molar-refractivity contribution >= 4 is 11.4 Å². The van der Waals surface area contributed by atoms with Crippen molar-refractivity contribution in [3.05, 3.63) is 202 Å². The molecule has 44 heavy (non-hydrogen) atoms. The second-order valence-corrected chi connectivity index (χ2v) is 11.6. The molecule has 0 atom stereocenters. The van der Waals surface area contributed by atoms with Crippen molar-refractivity contribution < 1.29 is 0 Å². The van der Waals surface area contributed by atoms with E-state index < -0.39 is 0 Å². The maximum absolute atomic E-state index is 5.42. The van der Waals surface area contributed by atoms with Gasteiger partial charge in [-0.2, -0.15) is 0 Å². The predicted octanol–water partition coefficient (Wildman–Crippen LogP) is 10.7. The molecule has 6 rings (SSSR count). The molecule has 0 radical (unpaired) electrons. The number of hydrogen-bond donors (Lipinski definition) is 0. The van der Waals surface area contributed by atoms with E-state index in [1.807, 2.05) is 24.4 Å². The van der Waals surface area contributed by atoms with E-state index in [0.717, 1.165) is 17.1 Å². The minimum atomic E-state index is -0.00247. The van der Waals surface area contributed by atoms with Crippen LogP contribution in [0.1, 0.15) is 83.2 Å². The number of rotatable bonds is 9. The molecule has 2 heteroatoms. The van der Waals surface area contributed by atoms with Crippen LogP contribution in [0.3, 0.4) is 0 Å². The van der Waals surface area contributed by atoms with E-state index in [4.69, 9.17) is 4.99 Å². The number of aliphatic imine (C=N–C) groups is 1. The molecule has 0 unspecified atom stereocenters. The summed E-state index contributed by atoms with van der Waals surface area (Å²) in [5.41, 5.74) is 11.6. The zero-order valence-corrected chi connectivity index (χ0v) is 25.6. The van der Waals surface area contributed by atoms with Crippen LogP contribution in [-0.2, 0) is 0 Å². The Bertz CT molecular complexity index is 1730. The minimum Gasteiger partial charge on any atom is -0.255 e. The van der Waals surface area contributed by atoms with Gasteiger partial charge >= 0.3 is 0 Å². The highest BCUT2D eigenvalue weighted by Crippen LogP contribution is 2.45. The van der Waals surface area contributed by atoms with Gasteiger partial charge in [0, 0.05) is 18.0 Å². The third-order valence-corrected chi connectivity index (χ3v) is 8.30. The van der Waals surface area contributed by atoms with Crippen molar-refractivity contribution in [2.45, 2.75) is 38.5 Å². The molecule has 0 spiro atoms. The van der Waals surface area contributed by atoms with Crippen LogP contribution in [0.2, 0.25) is 0 Å². The highest BCUT2D eigenvalue weighted by Gasteiger charge is 2.27. The Morgan fingerprint density at radius 3 is 1.36 bits per heavy atom. The second kappa shape index (κ2) is 13.5. The van der Waals surface area contributed by atoms with E-state index >= 15 is 0 Å². The molecule has 0 aliphatic heterocycles. The first kappa shape index (κ1) is 29.0. The van der Waals surface area contributed by atoms with Crippen LogP contribution < -0.4 is 0 Å². The molecule has 2 nitrogen and oxygen atoms in total. The Morgan fingerprint density at radius 2 is 0.932 bits per heavy atom. The van der Waals surface area contributed by atoms with Crippen molar-refractivity contribution in [2.75, 3.05) is 0 Å². The Labute approximate surface area is 261 Å². The molecule has 6 aromatic rings. The Morgan fingerprint density at radius 1 is 0.500 bits per heavy atom. The van der Waals surface area contributed by atoms with E-state index in [9.17, 15) is 0 Å². The van der Waals surface area contributed by atoms with Gasteiger partial charge in [0.1, 0.15) is 0 Å². The summed E-state index contributed by atoms with van der Waals surface area (Å²) in [6.45, 7) is 6.62. The highest BCUT2D eigenvalue weighted by atomic mass is 14.8. The third kappa shape index (κ3) is 6.31. The highest BCUT2D eigenvalue weighted by molar-refractivity contribution is 5.99. The van der Waals surface area contributed by atoms with Gasteiger partial charge in [-0.15, -0.1) is 0 Å². The van der Waals surface area contributed by atoms with Crippen molar-refractivity contribution in [1.29, 1.82) is 0 Å². The Hall–Kier alpha value is -5.08. The summed E-state index contributed by atoms with van der Waals surface area (Å²) >= 11 is 0. The van der Waals surface area contributed by atoms with Crippen molar-refractivity contribution in [1.82, 2.24) is 4.98 Å². The molecule has 216 valence electrons. The number of benzene rings is 5. The molecule has 0 N–H and O–H groups in total. The number of aromatic nitrogens is 1. The van der Waals surface area contributed by atoms with Gasteiger partial charge in [-0.25, -0.2) is 0 Å². The van der Waals surface area contributed by atoms with Gasteiger partial charge in [0.25, 0.3) is 0 Å². The lowest BCUT2D eigenvalue weighted by Crippen LogP contribution is -2.11. The second-order valence-electron chi connectivity index (χ2n) is 11.6. The van der Waals surface area contributed by atoms with Crippen LogP contribution in [0.4, 0.5) is 5.69 Å². The lowest BCUT2D eigenvalue weighted by molar-refractivity contribution is 0.845. The zero-order chi connectivity index (χ0) is 30.3. The van der Waals surface area contributed by atoms with Gasteiger partial charge < -0.3 is 0 Å². The molecular weight excluding hydrogens is 532 g/mol. The fourth-order valence-electron chi connectivity index (χ4n) is 6.17. The summed E-state index contributed by atoms with van der Waals surface area (Å²) in [6.07, 6.45) is 1.84. The molecular formula is C42H38N2. The smallest absolute Gasteiger partial charge is 0.0841 e. The van der Waals surface area contributed by atoms with Gasteiger partial charge in [-0.1, -0.05) is 153 Å². The van der Waals surface area contributed by atoms with Crippen molar-refractivity contribution in [3.8, 4) is 0 Å². The summed E-state index contributed by atoms with van der Waals surface area (Å²) in [6, 6.07) is 54.2. The number of pyridine rings is 1. The minimum absolute atomic E-state index is 0.00247. The predicted molar refractivity (Wildman–Crippen MR) is 184 cm³/mol. The lowest BCUT2D eigenvalue weighted by Gasteiger charge is -2.27. The van der Waals surface area contributed by atoms with E-state index in [-0.39, 0.29) is 17.8 Å². The molecule has 0 saturated heterocycles. The first-order valence-electron chi connectivity index (χ1n) is 15.4. The summed E-state index contributed by atoms with van der Waals surface area (Å²) in [7, 11) is 0. The topological polar surface area (TPSA) is 25.2 Å². The largest absolute Gasteiger partial charge is 0.255 e. The van der Waals surface area contributed by atoms with Crippen LogP contribution in [-0.4, -0.2) is 10.7 Å².